The van der Waals surface area contributed by atoms with Crippen LogP contribution in [0, 0.1) is 5.92 Å². The molecule has 0 bridgehead atoms. The summed E-state index contributed by atoms with van der Waals surface area (Å²) in [6, 6.07) is 0. The number of hydrogen-bond acceptors (Lipinski definition) is 12. The fraction of sp³-hybridized carbons (Fsp3) is 0.522. The molecule has 0 N–H and O–H groups in total. The van der Waals surface area contributed by atoms with Gasteiger partial charge in [0.1, 0.15) is 19.8 Å². The van der Waals surface area contributed by atoms with Gasteiger partial charge in [-0.3, -0.25) is 0 Å². The SMILES string of the molecule is C=CC(=O)OCC(C=C)COCC(F)(F)OC(F)(F)OC(F)(F)OC(F)(F)OC(F)(F)COC(COC(=O)C=C)OC(=O)C=C. The van der Waals surface area contributed by atoms with E-state index < -0.39 is 94.3 Å². The molecule has 0 saturated heterocycles. The molecule has 0 heterocycles. The lowest BCUT2D eigenvalue weighted by atomic mass is 10.2. The van der Waals surface area contributed by atoms with Crippen LogP contribution >= 0.6 is 0 Å². The van der Waals surface area contributed by atoms with Crippen LogP contribution in [-0.4, -0.2) is 88.3 Å². The first kappa shape index (κ1) is 41.4. The van der Waals surface area contributed by atoms with Gasteiger partial charge in [-0.05, 0) is 0 Å². The van der Waals surface area contributed by atoms with Crippen molar-refractivity contribution >= 4 is 17.9 Å². The molecular formula is C23H24F10O12. The Morgan fingerprint density at radius 1 is 0.578 bits per heavy atom. The minimum absolute atomic E-state index is 0.470. The lowest BCUT2D eigenvalue weighted by molar-refractivity contribution is -0.605. The lowest BCUT2D eigenvalue weighted by Crippen LogP contribution is -2.48. The Morgan fingerprint density at radius 3 is 1.44 bits per heavy atom. The zero-order chi connectivity index (χ0) is 35.1. The molecule has 22 heteroatoms. The van der Waals surface area contributed by atoms with Crippen LogP contribution in [0.25, 0.3) is 0 Å². The van der Waals surface area contributed by atoms with Crippen molar-refractivity contribution in [3.05, 3.63) is 50.6 Å². The second-order valence-corrected chi connectivity index (χ2v) is 7.63. The minimum Gasteiger partial charge on any atom is -0.462 e. The maximum atomic E-state index is 13.8. The zero-order valence-electron chi connectivity index (χ0n) is 22.5. The molecule has 0 fully saturated rings. The summed E-state index contributed by atoms with van der Waals surface area (Å²) in [4.78, 5) is 33.2. The third-order valence-electron chi connectivity index (χ3n) is 3.93. The zero-order valence-corrected chi connectivity index (χ0v) is 22.5. The second-order valence-electron chi connectivity index (χ2n) is 7.63. The summed E-state index contributed by atoms with van der Waals surface area (Å²) in [6.07, 6.45) is -28.6. The average Bonchev–Trinajstić information content (AvgIpc) is 2.88. The van der Waals surface area contributed by atoms with Gasteiger partial charge >= 0.3 is 49.0 Å². The highest BCUT2D eigenvalue weighted by molar-refractivity contribution is 5.82. The van der Waals surface area contributed by atoms with E-state index in [0.29, 0.717) is 12.2 Å². The van der Waals surface area contributed by atoms with Crippen molar-refractivity contribution in [2.24, 2.45) is 5.92 Å². The molecule has 45 heavy (non-hydrogen) atoms. The normalized spacial score (nSPS) is 14.1. The number of hydrogen-bond donors (Lipinski definition) is 0. The standard InChI is InChI=1S/C23H24F10O12/c1-5-14(10-38-15(34)6-2)9-37-12-19(24,25)42-21(28,29)44-23(32,33)45-22(30,31)43-20(26,27)13-40-18(41-17(36)8-4)11-39-16(35)7-3/h5-8,14,18H,1-4,9-13H2. The first-order valence-corrected chi connectivity index (χ1v) is 11.4. The molecule has 0 aromatic rings. The van der Waals surface area contributed by atoms with Gasteiger partial charge in [-0.15, -0.1) is 32.9 Å². The Balaban J connectivity index is 5.16. The second kappa shape index (κ2) is 17.8. The molecule has 0 rings (SSSR count). The highest BCUT2D eigenvalue weighted by atomic mass is 19.3. The van der Waals surface area contributed by atoms with Gasteiger partial charge in [0.2, 0.25) is 6.29 Å². The van der Waals surface area contributed by atoms with E-state index >= 15 is 0 Å². The van der Waals surface area contributed by atoms with E-state index in [1.807, 2.05) is 0 Å². The molecule has 0 aliphatic heterocycles. The Hall–Kier alpha value is -3.57. The number of esters is 3. The number of carbonyl (C=O) groups excluding carboxylic acids is 3. The van der Waals surface area contributed by atoms with Crippen LogP contribution in [0.4, 0.5) is 43.9 Å². The van der Waals surface area contributed by atoms with Gasteiger partial charge in [-0.25, -0.2) is 33.3 Å². The quantitative estimate of drug-likeness (QED) is 0.0360. The van der Waals surface area contributed by atoms with Gasteiger partial charge in [-0.1, -0.05) is 25.8 Å². The van der Waals surface area contributed by atoms with Crippen LogP contribution in [0.1, 0.15) is 0 Å². The first-order chi connectivity index (χ1) is 20.5. The maximum Gasteiger partial charge on any atom is 0.498 e. The highest BCUT2D eigenvalue weighted by Crippen LogP contribution is 2.39. The van der Waals surface area contributed by atoms with E-state index in [4.69, 9.17) is 0 Å². The molecule has 12 nitrogen and oxygen atoms in total. The van der Waals surface area contributed by atoms with E-state index in [0.717, 1.165) is 12.2 Å². The minimum atomic E-state index is -6.36. The van der Waals surface area contributed by atoms with Gasteiger partial charge in [0.15, 0.2) is 6.61 Å². The lowest BCUT2D eigenvalue weighted by Gasteiger charge is -2.29. The van der Waals surface area contributed by atoms with Gasteiger partial charge in [0.05, 0.1) is 6.61 Å². The van der Waals surface area contributed by atoms with Crippen LogP contribution in [0.15, 0.2) is 50.6 Å². The van der Waals surface area contributed by atoms with E-state index in [9.17, 15) is 58.3 Å². The summed E-state index contributed by atoms with van der Waals surface area (Å²) in [6.45, 7) is 5.42. The van der Waals surface area contributed by atoms with E-state index in [-0.39, 0.29) is 0 Å². The smallest absolute Gasteiger partial charge is 0.462 e. The Kier molecular flexibility index (Phi) is 16.4. The molecule has 0 spiro atoms. The molecule has 0 amide bonds. The summed E-state index contributed by atoms with van der Waals surface area (Å²) in [5, 5.41) is 0. The number of alkyl halides is 10. The van der Waals surface area contributed by atoms with Crippen molar-refractivity contribution in [3.8, 4) is 0 Å². The number of halogens is 10. The topological polar surface area (TPSA) is 134 Å². The summed E-state index contributed by atoms with van der Waals surface area (Å²) in [5.74, 6) is -4.46. The van der Waals surface area contributed by atoms with Gasteiger partial charge in [0.25, 0.3) is 0 Å². The van der Waals surface area contributed by atoms with Crippen LogP contribution in [0.5, 0.6) is 0 Å². The van der Waals surface area contributed by atoms with Gasteiger partial charge in [-0.2, -0.15) is 17.6 Å². The molecule has 0 aromatic carbocycles. The fourth-order valence-corrected chi connectivity index (χ4v) is 2.20. The third-order valence-corrected chi connectivity index (χ3v) is 3.93. The molecular weight excluding hydrogens is 658 g/mol. The number of carbonyl (C=O) groups is 3. The monoisotopic (exact) mass is 682 g/mol. The highest BCUT2D eigenvalue weighted by Gasteiger charge is 2.59. The molecule has 0 aromatic heterocycles. The molecule has 0 aliphatic rings. The molecule has 0 aliphatic carbocycles. The summed E-state index contributed by atoms with van der Waals surface area (Å²) >= 11 is 0. The molecule has 2 unspecified atom stereocenters. The molecule has 0 saturated carbocycles. The Bertz CT molecular complexity index is 1040. The van der Waals surface area contributed by atoms with Gasteiger partial charge < -0.3 is 23.7 Å². The largest absolute Gasteiger partial charge is 0.498 e. The fourth-order valence-electron chi connectivity index (χ4n) is 2.20. The summed E-state index contributed by atoms with van der Waals surface area (Å²) < 4.78 is 168. The molecule has 0 radical (unpaired) electrons. The molecule has 2 atom stereocenters. The Labute approximate surface area is 246 Å². The van der Waals surface area contributed by atoms with Crippen LogP contribution in [0.3, 0.4) is 0 Å². The van der Waals surface area contributed by atoms with Crippen LogP contribution < -0.4 is 0 Å². The van der Waals surface area contributed by atoms with Crippen LogP contribution in [0.2, 0.25) is 0 Å². The van der Waals surface area contributed by atoms with Crippen molar-refractivity contribution in [3.63, 3.8) is 0 Å². The van der Waals surface area contributed by atoms with Crippen molar-refractivity contribution < 1.29 is 101 Å². The maximum absolute atomic E-state index is 13.8. The third kappa shape index (κ3) is 19.4. The van der Waals surface area contributed by atoms with E-state index in [2.05, 4.69) is 68.9 Å². The van der Waals surface area contributed by atoms with Crippen molar-refractivity contribution in [1.29, 1.82) is 0 Å². The van der Waals surface area contributed by atoms with E-state index in [1.54, 1.807) is 0 Å². The predicted molar refractivity (Wildman–Crippen MR) is 122 cm³/mol. The van der Waals surface area contributed by atoms with Crippen molar-refractivity contribution in [2.45, 2.75) is 37.4 Å². The summed E-state index contributed by atoms with van der Waals surface area (Å²) in [5.41, 5.74) is 0. The number of ether oxygens (including phenoxy) is 9. The van der Waals surface area contributed by atoms with E-state index in [1.165, 1.54) is 0 Å². The first-order valence-electron chi connectivity index (χ1n) is 11.4. The predicted octanol–water partition coefficient (Wildman–Crippen LogP) is 4.24. The van der Waals surface area contributed by atoms with Crippen LogP contribution in [-0.2, 0) is 57.0 Å². The summed E-state index contributed by atoms with van der Waals surface area (Å²) in [7, 11) is 0. The average molecular weight is 682 g/mol. The van der Waals surface area contributed by atoms with Crippen molar-refractivity contribution in [2.75, 3.05) is 33.0 Å². The van der Waals surface area contributed by atoms with Crippen molar-refractivity contribution in [1.82, 2.24) is 0 Å². The van der Waals surface area contributed by atoms with Gasteiger partial charge in [0, 0.05) is 24.1 Å². The Morgan fingerprint density at radius 2 is 1.00 bits per heavy atom. The number of rotatable bonds is 24. The molecule has 258 valence electrons.